The summed E-state index contributed by atoms with van der Waals surface area (Å²) in [7, 11) is 0. The van der Waals surface area contributed by atoms with E-state index in [1.54, 1.807) is 0 Å². The average molecular weight is 119 g/mol. The van der Waals surface area contributed by atoms with Gasteiger partial charge in [-0.15, -0.1) is 0 Å². The molecule has 0 amide bonds. The summed E-state index contributed by atoms with van der Waals surface area (Å²) in [5.74, 6) is 0. The van der Waals surface area contributed by atoms with Crippen molar-refractivity contribution >= 4 is 0 Å². The Hall–Kier alpha value is 1.96. The molecule has 0 aliphatic carbocycles. The number of halogens is 1. The van der Waals surface area contributed by atoms with E-state index < -0.39 is 0 Å². The van der Waals surface area contributed by atoms with Crippen LogP contribution < -0.4 is 42.0 Å². The number of hydrogen-bond donors (Lipinski definition) is 0. The van der Waals surface area contributed by atoms with Crippen molar-refractivity contribution in [1.29, 1.82) is 0 Å². The van der Waals surface area contributed by atoms with E-state index in [-0.39, 0.29) is 42.0 Å². The van der Waals surface area contributed by atoms with Gasteiger partial charge < -0.3 is 12.4 Å². The summed E-state index contributed by atoms with van der Waals surface area (Å²) in [5, 5.41) is 0. The fourth-order valence-electron chi connectivity index (χ4n) is 0. The first-order valence-corrected chi connectivity index (χ1v) is 0.972. The van der Waals surface area contributed by atoms with Crippen LogP contribution in [0.3, 0.4) is 0 Å². The minimum absolute atomic E-state index is 0. The van der Waals surface area contributed by atoms with Crippen molar-refractivity contribution in [2.75, 3.05) is 0 Å². The second-order valence-electron chi connectivity index (χ2n) is 0. The molecule has 0 spiro atoms. The molecule has 0 aromatic rings. The molecule has 17 valence electrons. The summed E-state index contributed by atoms with van der Waals surface area (Å²) in [6, 6.07) is 0. The van der Waals surface area contributed by atoms with Crippen molar-refractivity contribution in [2.24, 2.45) is 0 Å². The van der Waals surface area contributed by atoms with Crippen LogP contribution in [0.15, 0.2) is 0 Å². The molecular formula is ClNaOSc. The summed E-state index contributed by atoms with van der Waals surface area (Å²) in [5.41, 5.74) is 0. The monoisotopic (exact) mass is 119 g/mol. The van der Waals surface area contributed by atoms with Crippen molar-refractivity contribution < 1.29 is 69.2 Å². The predicted molar refractivity (Wildman–Crippen MR) is 0.686 cm³/mol. The zero-order chi connectivity index (χ0) is 2.00. The van der Waals surface area contributed by atoms with Gasteiger partial charge in [-0.25, -0.2) is 0 Å². The van der Waals surface area contributed by atoms with Crippen LogP contribution in [-0.4, -0.2) is 0 Å². The van der Waals surface area contributed by atoms with Gasteiger partial charge in [-0.1, -0.05) is 0 Å². The predicted octanol–water partition coefficient (Wildman–Crippen LogP) is -6.11. The Morgan fingerprint density at radius 1 is 1.25 bits per heavy atom. The molecule has 0 saturated carbocycles. The topological polar surface area (TPSA) is 17.1 Å². The van der Waals surface area contributed by atoms with Crippen molar-refractivity contribution in [1.82, 2.24) is 0 Å². The van der Waals surface area contributed by atoms with Gasteiger partial charge in [0.05, 0.1) is 0 Å². The molecule has 0 bridgehead atoms. The molecule has 0 aliphatic rings. The van der Waals surface area contributed by atoms with Crippen LogP contribution in [0.2, 0.25) is 0 Å². The normalized spacial score (nSPS) is 1.50. The van der Waals surface area contributed by atoms with E-state index in [1.165, 1.54) is 0 Å². The fraction of sp³-hybridized carbons (Fsp3) is 0. The molecule has 0 N–H and O–H groups in total. The van der Waals surface area contributed by atoms with Gasteiger partial charge in [0.1, 0.15) is 0 Å². The average Bonchev–Trinajstić information content (AvgIpc) is 1.00. The molecule has 1 nitrogen and oxygen atoms in total. The van der Waals surface area contributed by atoms with Crippen LogP contribution in [0.5, 0.6) is 0 Å². The van der Waals surface area contributed by atoms with Crippen molar-refractivity contribution in [3.63, 3.8) is 0 Å². The molecule has 4 heavy (non-hydrogen) atoms. The van der Waals surface area contributed by atoms with Gasteiger partial charge >= 0.3 is 56.8 Å². The Morgan fingerprint density at radius 2 is 1.25 bits per heavy atom. The van der Waals surface area contributed by atoms with Gasteiger partial charge in [0.2, 0.25) is 0 Å². The summed E-state index contributed by atoms with van der Waals surface area (Å²) in [6.07, 6.45) is 0. The zero-order valence-electron chi connectivity index (χ0n) is 2.36. The third-order valence-electron chi connectivity index (χ3n) is 0. The van der Waals surface area contributed by atoms with Crippen LogP contribution in [0.4, 0.5) is 0 Å². The van der Waals surface area contributed by atoms with Crippen LogP contribution in [0.25, 0.3) is 0 Å². The SMILES string of the molecule is [Cl-].[Na+].[O]=[Sc]. The van der Waals surface area contributed by atoms with E-state index in [9.17, 15) is 0 Å². The van der Waals surface area contributed by atoms with Crippen LogP contribution in [-0.2, 0) is 27.2 Å². The molecule has 0 radical (unpaired) electrons. The Balaban J connectivity index is -0.00000000500. The molecule has 0 rings (SSSR count). The number of hydrogen-bond acceptors (Lipinski definition) is 1. The third-order valence-corrected chi connectivity index (χ3v) is 0. The second kappa shape index (κ2) is 20.2. The van der Waals surface area contributed by atoms with Gasteiger partial charge in [0.25, 0.3) is 0 Å². The quantitative estimate of drug-likeness (QED) is 0.290. The van der Waals surface area contributed by atoms with Gasteiger partial charge in [-0.3, -0.25) is 0 Å². The molecule has 4 heteroatoms. The third kappa shape index (κ3) is 9.03. The van der Waals surface area contributed by atoms with E-state index in [4.69, 9.17) is 2.85 Å². The van der Waals surface area contributed by atoms with Gasteiger partial charge in [0.15, 0.2) is 0 Å². The summed E-state index contributed by atoms with van der Waals surface area (Å²) in [4.78, 5) is 0. The van der Waals surface area contributed by atoms with Crippen molar-refractivity contribution in [3.8, 4) is 0 Å². The summed E-state index contributed by atoms with van der Waals surface area (Å²) in [6.45, 7) is 0. The summed E-state index contributed by atoms with van der Waals surface area (Å²) >= 11 is 0.438. The molecule has 0 saturated heterocycles. The maximum atomic E-state index is 8.31. The van der Waals surface area contributed by atoms with Crippen LogP contribution in [0, 0.1) is 0 Å². The van der Waals surface area contributed by atoms with E-state index in [1.807, 2.05) is 0 Å². The Labute approximate surface area is 68.2 Å². The standard InChI is InChI=1S/ClH.Na.O.Sc/h1H;;;/q;+1;;/p-1. The Bertz CT molecular complexity index is 8.00. The number of rotatable bonds is 0. The molecular weight excluding hydrogens is 119 g/mol. The minimum atomic E-state index is 0. The summed E-state index contributed by atoms with van der Waals surface area (Å²) < 4.78 is 8.31. The van der Waals surface area contributed by atoms with E-state index in [0.29, 0.717) is 24.4 Å². The first kappa shape index (κ1) is 16.7. The maximum absolute atomic E-state index is 8.31. The fourth-order valence-corrected chi connectivity index (χ4v) is 0. The van der Waals surface area contributed by atoms with Crippen LogP contribution in [0.1, 0.15) is 0 Å². The second-order valence-corrected chi connectivity index (χ2v) is 0. The van der Waals surface area contributed by atoms with Crippen molar-refractivity contribution in [2.45, 2.75) is 0 Å². The molecule has 0 fully saturated rings. The van der Waals surface area contributed by atoms with E-state index in [2.05, 4.69) is 0 Å². The Morgan fingerprint density at radius 3 is 1.25 bits per heavy atom. The molecule has 0 atom stereocenters. The van der Waals surface area contributed by atoms with Gasteiger partial charge in [0, 0.05) is 0 Å². The van der Waals surface area contributed by atoms with Crippen LogP contribution >= 0.6 is 0 Å². The zero-order valence-corrected chi connectivity index (χ0v) is 6.92. The molecule has 0 aromatic carbocycles. The molecule has 0 aliphatic heterocycles. The van der Waals surface area contributed by atoms with Gasteiger partial charge in [-0.05, 0) is 0 Å². The van der Waals surface area contributed by atoms with E-state index in [0.717, 1.165) is 0 Å². The van der Waals surface area contributed by atoms with Crippen molar-refractivity contribution in [3.05, 3.63) is 0 Å². The van der Waals surface area contributed by atoms with E-state index >= 15 is 0 Å². The van der Waals surface area contributed by atoms with Gasteiger partial charge in [-0.2, -0.15) is 0 Å². The molecule has 0 unspecified atom stereocenters. The Kier molecular flexibility index (Phi) is 84.7. The molecule has 0 heterocycles. The first-order valence-electron chi connectivity index (χ1n) is 0.236. The molecule has 0 aromatic heterocycles. The first-order chi connectivity index (χ1) is 1.00.